The molecule has 0 amide bonds. The number of para-hydroxylation sites is 1. The number of ether oxygens (including phenoxy) is 1. The minimum atomic E-state index is 0.241. The lowest BCUT2D eigenvalue weighted by Crippen LogP contribution is -2.33. The van der Waals surface area contributed by atoms with E-state index in [9.17, 15) is 5.11 Å². The number of rotatable bonds is 6. The molecule has 0 bridgehead atoms. The van der Waals surface area contributed by atoms with E-state index in [0.29, 0.717) is 12.4 Å². The molecule has 0 aromatic heterocycles. The Kier molecular flexibility index (Phi) is 4.81. The first-order valence-electron chi connectivity index (χ1n) is 6.41. The predicted molar refractivity (Wildman–Crippen MR) is 76.6 cm³/mol. The quantitative estimate of drug-likeness (QED) is 0.836. The van der Waals surface area contributed by atoms with E-state index in [4.69, 9.17) is 4.74 Å². The van der Waals surface area contributed by atoms with E-state index in [2.05, 4.69) is 5.32 Å². The van der Waals surface area contributed by atoms with Gasteiger partial charge in [0.25, 0.3) is 0 Å². The molecule has 1 unspecified atom stereocenters. The molecule has 0 aliphatic heterocycles. The van der Waals surface area contributed by atoms with Crippen LogP contribution in [0.2, 0.25) is 0 Å². The molecule has 0 saturated carbocycles. The molecule has 0 fully saturated rings. The van der Waals surface area contributed by atoms with Gasteiger partial charge in [0.2, 0.25) is 0 Å². The summed E-state index contributed by atoms with van der Waals surface area (Å²) in [5.74, 6) is 1.18. The molecule has 2 aromatic carbocycles. The van der Waals surface area contributed by atoms with E-state index in [0.717, 1.165) is 12.2 Å². The highest BCUT2D eigenvalue weighted by molar-refractivity contribution is 5.26. The summed E-state index contributed by atoms with van der Waals surface area (Å²) >= 11 is 0. The maximum absolute atomic E-state index is 9.26. The summed E-state index contributed by atoms with van der Waals surface area (Å²) in [5, 5.41) is 12.5. The van der Waals surface area contributed by atoms with Crippen molar-refractivity contribution in [2.75, 3.05) is 13.7 Å². The monoisotopic (exact) mass is 257 g/mol. The van der Waals surface area contributed by atoms with Gasteiger partial charge in [-0.1, -0.05) is 30.3 Å². The van der Waals surface area contributed by atoms with Crippen LogP contribution in [-0.4, -0.2) is 24.8 Å². The molecule has 0 spiro atoms. The SMILES string of the molecule is CNC(COc1ccccc1)Cc1ccc(O)cc1. The van der Waals surface area contributed by atoms with E-state index in [1.165, 1.54) is 5.56 Å². The van der Waals surface area contributed by atoms with Crippen LogP contribution < -0.4 is 10.1 Å². The van der Waals surface area contributed by atoms with Gasteiger partial charge in [-0.25, -0.2) is 0 Å². The molecule has 2 rings (SSSR count). The summed E-state index contributed by atoms with van der Waals surface area (Å²) in [5.41, 5.74) is 1.17. The Morgan fingerprint density at radius 1 is 1.05 bits per heavy atom. The number of phenolic OH excluding ortho intramolecular Hbond substituents is 1. The van der Waals surface area contributed by atoms with Crippen molar-refractivity contribution in [3.8, 4) is 11.5 Å². The maximum atomic E-state index is 9.26. The van der Waals surface area contributed by atoms with Crippen LogP contribution in [0.1, 0.15) is 5.56 Å². The minimum Gasteiger partial charge on any atom is -0.508 e. The van der Waals surface area contributed by atoms with Crippen LogP contribution >= 0.6 is 0 Å². The van der Waals surface area contributed by atoms with E-state index >= 15 is 0 Å². The second-order valence-electron chi connectivity index (χ2n) is 4.48. The number of benzene rings is 2. The van der Waals surface area contributed by atoms with E-state index in [1.807, 2.05) is 49.5 Å². The molecule has 3 heteroatoms. The van der Waals surface area contributed by atoms with Gasteiger partial charge in [-0.3, -0.25) is 0 Å². The Morgan fingerprint density at radius 3 is 2.37 bits per heavy atom. The highest BCUT2D eigenvalue weighted by Gasteiger charge is 2.08. The minimum absolute atomic E-state index is 0.241. The molecular weight excluding hydrogens is 238 g/mol. The van der Waals surface area contributed by atoms with Crippen molar-refractivity contribution in [2.45, 2.75) is 12.5 Å². The van der Waals surface area contributed by atoms with Crippen LogP contribution in [-0.2, 0) is 6.42 Å². The Balaban J connectivity index is 1.88. The number of likely N-dealkylation sites (N-methyl/N-ethyl adjacent to an activating group) is 1. The Hall–Kier alpha value is -2.00. The normalized spacial score (nSPS) is 12.1. The fraction of sp³-hybridized carbons (Fsp3) is 0.250. The molecule has 1 atom stereocenters. The van der Waals surface area contributed by atoms with Crippen molar-refractivity contribution in [3.05, 3.63) is 60.2 Å². The van der Waals surface area contributed by atoms with Crippen LogP contribution in [0.5, 0.6) is 11.5 Å². The number of hydrogen-bond donors (Lipinski definition) is 2. The third-order valence-corrected chi connectivity index (χ3v) is 3.02. The van der Waals surface area contributed by atoms with Gasteiger partial charge in [0.15, 0.2) is 0 Å². The van der Waals surface area contributed by atoms with Crippen molar-refractivity contribution in [3.63, 3.8) is 0 Å². The molecule has 2 aromatic rings. The summed E-state index contributed by atoms with van der Waals surface area (Å²) in [6, 6.07) is 17.3. The van der Waals surface area contributed by atoms with Gasteiger partial charge in [0.1, 0.15) is 18.1 Å². The fourth-order valence-electron chi connectivity index (χ4n) is 1.87. The number of aromatic hydroxyl groups is 1. The first-order valence-corrected chi connectivity index (χ1v) is 6.41. The van der Waals surface area contributed by atoms with Gasteiger partial charge in [-0.05, 0) is 43.3 Å². The Labute approximate surface area is 113 Å². The highest BCUT2D eigenvalue weighted by atomic mass is 16.5. The van der Waals surface area contributed by atoms with Crippen LogP contribution in [0, 0.1) is 0 Å². The average molecular weight is 257 g/mol. The zero-order chi connectivity index (χ0) is 13.5. The second kappa shape index (κ2) is 6.81. The Morgan fingerprint density at radius 2 is 1.74 bits per heavy atom. The van der Waals surface area contributed by atoms with Crippen molar-refractivity contribution in [1.29, 1.82) is 0 Å². The summed E-state index contributed by atoms with van der Waals surface area (Å²) in [6.07, 6.45) is 0.865. The van der Waals surface area contributed by atoms with Gasteiger partial charge < -0.3 is 15.2 Å². The molecule has 0 heterocycles. The second-order valence-corrected chi connectivity index (χ2v) is 4.48. The molecule has 19 heavy (non-hydrogen) atoms. The van der Waals surface area contributed by atoms with Crippen molar-refractivity contribution in [1.82, 2.24) is 5.32 Å². The smallest absolute Gasteiger partial charge is 0.119 e. The first-order chi connectivity index (χ1) is 9.28. The maximum Gasteiger partial charge on any atom is 0.119 e. The van der Waals surface area contributed by atoms with Crippen LogP contribution in [0.3, 0.4) is 0 Å². The number of hydrogen-bond acceptors (Lipinski definition) is 3. The molecule has 100 valence electrons. The molecule has 0 radical (unpaired) electrons. The lowest BCUT2D eigenvalue weighted by Gasteiger charge is -2.17. The lowest BCUT2D eigenvalue weighted by atomic mass is 10.1. The number of phenols is 1. The Bertz CT molecular complexity index is 482. The zero-order valence-corrected chi connectivity index (χ0v) is 11.0. The van der Waals surface area contributed by atoms with Gasteiger partial charge >= 0.3 is 0 Å². The first kappa shape index (κ1) is 13.4. The molecule has 2 N–H and O–H groups in total. The standard InChI is InChI=1S/C16H19NO2/c1-17-14(11-13-7-9-15(18)10-8-13)12-19-16-5-3-2-4-6-16/h2-10,14,17-18H,11-12H2,1H3. The van der Waals surface area contributed by atoms with Crippen molar-refractivity contribution in [2.24, 2.45) is 0 Å². The van der Waals surface area contributed by atoms with E-state index in [1.54, 1.807) is 12.1 Å². The van der Waals surface area contributed by atoms with E-state index < -0.39 is 0 Å². The fourth-order valence-corrected chi connectivity index (χ4v) is 1.87. The largest absolute Gasteiger partial charge is 0.508 e. The van der Waals surface area contributed by atoms with Crippen LogP contribution in [0.4, 0.5) is 0 Å². The average Bonchev–Trinajstić information content (AvgIpc) is 2.46. The van der Waals surface area contributed by atoms with Crippen LogP contribution in [0.15, 0.2) is 54.6 Å². The summed E-state index contributed by atoms with van der Waals surface area (Å²) in [6.45, 7) is 0.612. The molecule has 0 aliphatic rings. The van der Waals surface area contributed by atoms with Gasteiger partial charge in [-0.15, -0.1) is 0 Å². The van der Waals surface area contributed by atoms with Crippen LogP contribution in [0.25, 0.3) is 0 Å². The topological polar surface area (TPSA) is 41.5 Å². The summed E-state index contributed by atoms with van der Waals surface area (Å²) < 4.78 is 5.74. The number of nitrogens with one attached hydrogen (secondary N) is 1. The van der Waals surface area contributed by atoms with Gasteiger partial charge in [0, 0.05) is 6.04 Å². The van der Waals surface area contributed by atoms with Gasteiger partial charge in [-0.2, -0.15) is 0 Å². The van der Waals surface area contributed by atoms with E-state index in [-0.39, 0.29) is 6.04 Å². The molecule has 0 aliphatic carbocycles. The zero-order valence-electron chi connectivity index (χ0n) is 11.0. The molecule has 3 nitrogen and oxygen atoms in total. The third kappa shape index (κ3) is 4.30. The van der Waals surface area contributed by atoms with Gasteiger partial charge in [0.05, 0.1) is 0 Å². The predicted octanol–water partition coefficient (Wildman–Crippen LogP) is 2.60. The third-order valence-electron chi connectivity index (χ3n) is 3.02. The van der Waals surface area contributed by atoms with Crippen molar-refractivity contribution < 1.29 is 9.84 Å². The lowest BCUT2D eigenvalue weighted by molar-refractivity contribution is 0.270. The molecule has 0 saturated heterocycles. The summed E-state index contributed by atoms with van der Waals surface area (Å²) in [4.78, 5) is 0. The summed E-state index contributed by atoms with van der Waals surface area (Å²) in [7, 11) is 1.93. The van der Waals surface area contributed by atoms with Crippen molar-refractivity contribution >= 4 is 0 Å². The highest BCUT2D eigenvalue weighted by Crippen LogP contribution is 2.13. The molecular formula is C16H19NO2.